The van der Waals surface area contributed by atoms with Crippen LogP contribution in [0.25, 0.3) is 0 Å². The van der Waals surface area contributed by atoms with Gasteiger partial charge in [0.25, 0.3) is 0 Å². The van der Waals surface area contributed by atoms with Crippen molar-refractivity contribution in [1.82, 2.24) is 5.32 Å². The largest absolute Gasteiger partial charge is 0.493 e. The molecule has 0 unspecified atom stereocenters. The van der Waals surface area contributed by atoms with E-state index in [9.17, 15) is 0 Å². The average Bonchev–Trinajstić information content (AvgIpc) is 2.37. The Morgan fingerprint density at radius 2 is 2.00 bits per heavy atom. The maximum absolute atomic E-state index is 5.81. The third-order valence-electron chi connectivity index (χ3n) is 2.51. The molecule has 18 heavy (non-hydrogen) atoms. The molecule has 0 spiro atoms. The van der Waals surface area contributed by atoms with E-state index in [1.807, 2.05) is 6.07 Å². The highest BCUT2D eigenvalue weighted by atomic mass is 79.9. The summed E-state index contributed by atoms with van der Waals surface area (Å²) in [5.74, 6) is 1.64. The minimum atomic E-state index is 0.707. The Bertz CT molecular complexity index is 369. The molecule has 3 nitrogen and oxygen atoms in total. The zero-order valence-electron chi connectivity index (χ0n) is 11.4. The maximum Gasteiger partial charge on any atom is 0.165 e. The van der Waals surface area contributed by atoms with E-state index < -0.39 is 0 Å². The molecular formula is C14H22BrNO2. The van der Waals surface area contributed by atoms with Gasteiger partial charge in [0.2, 0.25) is 0 Å². The molecule has 0 atom stereocenters. The van der Waals surface area contributed by atoms with Gasteiger partial charge in [0.15, 0.2) is 11.5 Å². The minimum absolute atomic E-state index is 0.707. The summed E-state index contributed by atoms with van der Waals surface area (Å²) in [7, 11) is 1.67. The molecule has 0 aliphatic heterocycles. The molecule has 1 aromatic carbocycles. The van der Waals surface area contributed by atoms with Crippen molar-refractivity contribution in [1.29, 1.82) is 0 Å². The van der Waals surface area contributed by atoms with E-state index in [-0.39, 0.29) is 0 Å². The van der Waals surface area contributed by atoms with Crippen molar-refractivity contribution < 1.29 is 9.47 Å². The van der Waals surface area contributed by atoms with E-state index in [0.29, 0.717) is 6.61 Å². The number of benzene rings is 1. The second-order valence-corrected chi connectivity index (χ2v) is 5.04. The zero-order chi connectivity index (χ0) is 13.4. The van der Waals surface area contributed by atoms with Crippen molar-refractivity contribution in [2.45, 2.75) is 33.2 Å². The molecular weight excluding hydrogens is 294 g/mol. The molecule has 0 aliphatic rings. The van der Waals surface area contributed by atoms with Gasteiger partial charge >= 0.3 is 0 Å². The number of methoxy groups -OCH3 is 1. The van der Waals surface area contributed by atoms with Gasteiger partial charge in [-0.05, 0) is 31.5 Å². The fourth-order valence-electron chi connectivity index (χ4n) is 1.67. The molecule has 0 fully saturated rings. The molecule has 1 aromatic rings. The fourth-order valence-corrected chi connectivity index (χ4v) is 2.16. The summed E-state index contributed by atoms with van der Waals surface area (Å²) in [6.07, 6.45) is 2.11. The summed E-state index contributed by atoms with van der Waals surface area (Å²) in [6, 6.07) is 4.02. The van der Waals surface area contributed by atoms with Crippen molar-refractivity contribution in [3.63, 3.8) is 0 Å². The van der Waals surface area contributed by atoms with Gasteiger partial charge in [0, 0.05) is 16.6 Å². The molecule has 0 saturated heterocycles. The topological polar surface area (TPSA) is 30.5 Å². The van der Waals surface area contributed by atoms with Gasteiger partial charge < -0.3 is 14.8 Å². The van der Waals surface area contributed by atoms with Gasteiger partial charge in [-0.25, -0.2) is 0 Å². The van der Waals surface area contributed by atoms with Gasteiger partial charge in [-0.15, -0.1) is 0 Å². The van der Waals surface area contributed by atoms with E-state index in [4.69, 9.17) is 9.47 Å². The third kappa shape index (κ3) is 4.50. The number of hydrogen-bond donors (Lipinski definition) is 1. The highest BCUT2D eigenvalue weighted by molar-refractivity contribution is 9.10. The Balaban J connectivity index is 2.91. The monoisotopic (exact) mass is 315 g/mol. The summed E-state index contributed by atoms with van der Waals surface area (Å²) in [5, 5.41) is 3.39. The van der Waals surface area contributed by atoms with Crippen LogP contribution in [0.3, 0.4) is 0 Å². The van der Waals surface area contributed by atoms with Gasteiger partial charge in [-0.1, -0.05) is 29.8 Å². The van der Waals surface area contributed by atoms with Gasteiger partial charge in [0.05, 0.1) is 13.7 Å². The van der Waals surface area contributed by atoms with E-state index in [0.717, 1.165) is 47.5 Å². The standard InChI is InChI=1S/C14H22BrNO2/c1-4-6-16-10-11-8-12(15)9-13(17-3)14(11)18-7-5-2/h8-9,16H,4-7,10H2,1-3H3. The Morgan fingerprint density at radius 3 is 2.61 bits per heavy atom. The lowest BCUT2D eigenvalue weighted by molar-refractivity contribution is 0.290. The van der Waals surface area contributed by atoms with E-state index in [2.05, 4.69) is 41.2 Å². The van der Waals surface area contributed by atoms with Crippen LogP contribution in [0, 0.1) is 0 Å². The van der Waals surface area contributed by atoms with Crippen molar-refractivity contribution >= 4 is 15.9 Å². The second-order valence-electron chi connectivity index (χ2n) is 4.12. The lowest BCUT2D eigenvalue weighted by Gasteiger charge is -2.16. The quantitative estimate of drug-likeness (QED) is 0.741. The molecule has 0 saturated carbocycles. The number of rotatable bonds is 8. The SMILES string of the molecule is CCCNCc1cc(Br)cc(OC)c1OCCC. The zero-order valence-corrected chi connectivity index (χ0v) is 13.0. The van der Waals surface area contributed by atoms with Crippen molar-refractivity contribution in [2.75, 3.05) is 20.3 Å². The summed E-state index contributed by atoms with van der Waals surface area (Å²) < 4.78 is 12.2. The van der Waals surface area contributed by atoms with Crippen LogP contribution >= 0.6 is 15.9 Å². The van der Waals surface area contributed by atoms with E-state index in [1.165, 1.54) is 0 Å². The Morgan fingerprint density at radius 1 is 1.22 bits per heavy atom. The van der Waals surface area contributed by atoms with Crippen LogP contribution in [0.4, 0.5) is 0 Å². The normalized spacial score (nSPS) is 10.4. The van der Waals surface area contributed by atoms with Crippen LogP contribution < -0.4 is 14.8 Å². The third-order valence-corrected chi connectivity index (χ3v) is 2.97. The van der Waals surface area contributed by atoms with Crippen LogP contribution in [0.15, 0.2) is 16.6 Å². The van der Waals surface area contributed by atoms with Gasteiger partial charge in [-0.2, -0.15) is 0 Å². The minimum Gasteiger partial charge on any atom is -0.493 e. The molecule has 0 radical (unpaired) electrons. The first-order chi connectivity index (χ1) is 8.72. The maximum atomic E-state index is 5.81. The van der Waals surface area contributed by atoms with Crippen molar-refractivity contribution in [3.8, 4) is 11.5 Å². The molecule has 0 amide bonds. The van der Waals surface area contributed by atoms with Crippen LogP contribution in [-0.2, 0) is 6.54 Å². The Kier molecular flexibility index (Phi) is 7.13. The molecule has 1 N–H and O–H groups in total. The first kappa shape index (κ1) is 15.3. The summed E-state index contributed by atoms with van der Waals surface area (Å²) in [6.45, 7) is 6.76. The first-order valence-corrected chi connectivity index (χ1v) is 7.22. The molecule has 1 rings (SSSR count). The molecule has 0 bridgehead atoms. The van der Waals surface area contributed by atoms with Crippen molar-refractivity contribution in [2.24, 2.45) is 0 Å². The van der Waals surface area contributed by atoms with E-state index in [1.54, 1.807) is 7.11 Å². The first-order valence-electron chi connectivity index (χ1n) is 6.42. The molecule has 0 aliphatic carbocycles. The Hall–Kier alpha value is -0.740. The van der Waals surface area contributed by atoms with Crippen LogP contribution in [0.2, 0.25) is 0 Å². The number of halogens is 1. The highest BCUT2D eigenvalue weighted by Gasteiger charge is 2.12. The van der Waals surface area contributed by atoms with Crippen LogP contribution in [0.1, 0.15) is 32.3 Å². The smallest absolute Gasteiger partial charge is 0.165 e. The fraction of sp³-hybridized carbons (Fsp3) is 0.571. The highest BCUT2D eigenvalue weighted by Crippen LogP contribution is 2.35. The van der Waals surface area contributed by atoms with Gasteiger partial charge in [0.1, 0.15) is 0 Å². The number of ether oxygens (including phenoxy) is 2. The molecule has 4 heteroatoms. The predicted molar refractivity (Wildman–Crippen MR) is 78.5 cm³/mol. The van der Waals surface area contributed by atoms with E-state index >= 15 is 0 Å². The number of nitrogens with one attached hydrogen (secondary N) is 1. The summed E-state index contributed by atoms with van der Waals surface area (Å²) in [4.78, 5) is 0. The second kappa shape index (κ2) is 8.38. The van der Waals surface area contributed by atoms with Crippen LogP contribution in [-0.4, -0.2) is 20.3 Å². The van der Waals surface area contributed by atoms with Gasteiger partial charge in [-0.3, -0.25) is 0 Å². The average molecular weight is 316 g/mol. The summed E-state index contributed by atoms with van der Waals surface area (Å²) >= 11 is 3.50. The lowest BCUT2D eigenvalue weighted by Crippen LogP contribution is -2.15. The molecule has 102 valence electrons. The predicted octanol–water partition coefficient (Wildman–Crippen LogP) is 3.75. The lowest BCUT2D eigenvalue weighted by atomic mass is 10.2. The molecule has 0 aromatic heterocycles. The Labute approximate surface area is 118 Å². The molecule has 0 heterocycles. The number of hydrogen-bond acceptors (Lipinski definition) is 3. The van der Waals surface area contributed by atoms with Crippen LogP contribution in [0.5, 0.6) is 11.5 Å². The summed E-state index contributed by atoms with van der Waals surface area (Å²) in [5.41, 5.74) is 1.13. The van der Waals surface area contributed by atoms with Crippen molar-refractivity contribution in [3.05, 3.63) is 22.2 Å².